The van der Waals surface area contributed by atoms with Crippen LogP contribution in [0.1, 0.15) is 57.6 Å². The summed E-state index contributed by atoms with van der Waals surface area (Å²) in [6.45, 7) is 7.57. The summed E-state index contributed by atoms with van der Waals surface area (Å²) in [5.74, 6) is -1.52. The molecule has 1 heterocycles. The minimum Gasteiger partial charge on any atom is -0.480 e. The minimum atomic E-state index is -1.27. The van der Waals surface area contributed by atoms with E-state index in [1.54, 1.807) is 6.92 Å². The number of nitrogens with zero attached hydrogens (tertiary/aromatic N) is 1. The van der Waals surface area contributed by atoms with Crippen molar-refractivity contribution in [2.24, 2.45) is 5.41 Å². The highest BCUT2D eigenvalue weighted by molar-refractivity contribution is 5.92. The lowest BCUT2D eigenvalue weighted by Crippen LogP contribution is -2.60. The van der Waals surface area contributed by atoms with Crippen LogP contribution >= 0.6 is 0 Å². The predicted octanol–water partition coefficient (Wildman–Crippen LogP) is 4.41. The van der Waals surface area contributed by atoms with E-state index < -0.39 is 35.0 Å². The number of alkyl carbamates (subject to hydrolysis) is 1. The van der Waals surface area contributed by atoms with Gasteiger partial charge in [-0.2, -0.15) is 0 Å². The molecule has 1 fully saturated rings. The van der Waals surface area contributed by atoms with E-state index >= 15 is 0 Å². The van der Waals surface area contributed by atoms with Gasteiger partial charge in [0.1, 0.15) is 18.2 Å². The summed E-state index contributed by atoms with van der Waals surface area (Å²) in [7, 11) is 0. The predicted molar refractivity (Wildman–Crippen MR) is 128 cm³/mol. The molecule has 2 aromatic carbocycles. The van der Waals surface area contributed by atoms with Gasteiger partial charge in [-0.1, -0.05) is 69.3 Å². The number of amides is 2. The number of carboxylic acid groups (broad SMARTS) is 1. The number of nitrogens with one attached hydrogen (secondary N) is 1. The third-order valence-corrected chi connectivity index (χ3v) is 7.09. The molecule has 2 aromatic rings. The number of likely N-dealkylation sites (tertiary alicyclic amines) is 1. The molecule has 7 heteroatoms. The number of aliphatic carboxylic acids is 1. The maximum Gasteiger partial charge on any atom is 0.407 e. The van der Waals surface area contributed by atoms with Crippen LogP contribution in [0.5, 0.6) is 0 Å². The highest BCUT2D eigenvalue weighted by atomic mass is 16.5. The molecule has 1 unspecified atom stereocenters. The Morgan fingerprint density at radius 2 is 1.65 bits per heavy atom. The number of carbonyl (C=O) groups excluding carboxylic acids is 2. The van der Waals surface area contributed by atoms with Crippen molar-refractivity contribution in [2.75, 3.05) is 13.2 Å². The topological polar surface area (TPSA) is 95.9 Å². The van der Waals surface area contributed by atoms with Crippen LogP contribution < -0.4 is 5.32 Å². The number of hydrogen-bond donors (Lipinski definition) is 2. The fourth-order valence-corrected chi connectivity index (χ4v) is 5.10. The highest BCUT2D eigenvalue weighted by Crippen LogP contribution is 2.44. The van der Waals surface area contributed by atoms with Crippen LogP contribution in [0.25, 0.3) is 11.1 Å². The molecule has 1 aliphatic heterocycles. The molecule has 2 N–H and O–H groups in total. The molecule has 2 atom stereocenters. The molecular formula is C27H32N2O5. The van der Waals surface area contributed by atoms with Crippen LogP contribution in [-0.2, 0) is 14.3 Å². The first-order valence-corrected chi connectivity index (χ1v) is 11.7. The Balaban J connectivity index is 1.49. The average molecular weight is 465 g/mol. The molecule has 7 nitrogen and oxygen atoms in total. The maximum atomic E-state index is 13.4. The van der Waals surface area contributed by atoms with Crippen LogP contribution in [0.3, 0.4) is 0 Å². The number of carboxylic acids is 1. The van der Waals surface area contributed by atoms with Crippen molar-refractivity contribution in [1.82, 2.24) is 10.2 Å². The lowest BCUT2D eigenvalue weighted by atomic mass is 9.85. The van der Waals surface area contributed by atoms with Gasteiger partial charge in [0.15, 0.2) is 0 Å². The second-order valence-corrected chi connectivity index (χ2v) is 10.4. The number of rotatable bonds is 5. The Bertz CT molecular complexity index is 1080. The zero-order valence-electron chi connectivity index (χ0n) is 20.1. The zero-order valence-corrected chi connectivity index (χ0v) is 20.1. The van der Waals surface area contributed by atoms with Crippen molar-refractivity contribution in [3.8, 4) is 11.1 Å². The Labute approximate surface area is 200 Å². The fraction of sp³-hybridized carbons (Fsp3) is 0.444. The van der Waals surface area contributed by atoms with Crippen molar-refractivity contribution >= 4 is 18.0 Å². The fourth-order valence-electron chi connectivity index (χ4n) is 5.10. The first-order chi connectivity index (χ1) is 16.0. The minimum absolute atomic E-state index is 0.0872. The number of benzene rings is 2. The lowest BCUT2D eigenvalue weighted by molar-refractivity contribution is -0.157. The van der Waals surface area contributed by atoms with Crippen molar-refractivity contribution in [1.29, 1.82) is 0 Å². The summed E-state index contributed by atoms with van der Waals surface area (Å²) in [6, 6.07) is 15.2. The van der Waals surface area contributed by atoms with Crippen LogP contribution in [0.2, 0.25) is 0 Å². The number of hydrogen-bond acceptors (Lipinski definition) is 4. The molecule has 0 saturated carbocycles. The third kappa shape index (κ3) is 4.15. The van der Waals surface area contributed by atoms with Crippen molar-refractivity contribution < 1.29 is 24.2 Å². The van der Waals surface area contributed by atoms with Crippen LogP contribution in [0.15, 0.2) is 48.5 Å². The Hall–Kier alpha value is -3.35. The standard InChI is InChI=1S/C27H32N2O5/c1-26(2,3)22(23(30)29-15-9-14-27(29,4)24(31)32)28-25(33)34-16-21-19-12-7-5-10-17(19)18-11-6-8-13-20(18)21/h5-8,10-13,21-22H,9,14-16H2,1-4H3,(H,28,33)(H,31,32)/t22-,27?/m0/s1. The molecule has 1 saturated heterocycles. The average Bonchev–Trinajstić information content (AvgIpc) is 3.34. The van der Waals surface area contributed by atoms with Gasteiger partial charge in [-0.25, -0.2) is 9.59 Å². The van der Waals surface area contributed by atoms with Gasteiger partial charge >= 0.3 is 12.1 Å². The second-order valence-electron chi connectivity index (χ2n) is 10.4. The molecule has 0 aromatic heterocycles. The molecule has 0 bridgehead atoms. The van der Waals surface area contributed by atoms with Gasteiger partial charge in [0, 0.05) is 12.5 Å². The van der Waals surface area contributed by atoms with Gasteiger partial charge in [0.2, 0.25) is 5.91 Å². The summed E-state index contributed by atoms with van der Waals surface area (Å²) >= 11 is 0. The molecular weight excluding hydrogens is 432 g/mol. The molecule has 180 valence electrons. The number of carbonyl (C=O) groups is 3. The monoisotopic (exact) mass is 464 g/mol. The SMILES string of the molecule is CC(C)(C)[C@@H](NC(=O)OCC1c2ccccc2-c2ccccc21)C(=O)N1CCCC1(C)C(=O)O. The first kappa shape index (κ1) is 23.8. The summed E-state index contributed by atoms with van der Waals surface area (Å²) in [4.78, 5) is 39.6. The van der Waals surface area contributed by atoms with Crippen LogP contribution in [0, 0.1) is 5.41 Å². The molecule has 2 aliphatic rings. The molecule has 1 aliphatic carbocycles. The molecule has 0 spiro atoms. The van der Waals surface area contributed by atoms with Gasteiger partial charge in [-0.15, -0.1) is 0 Å². The van der Waals surface area contributed by atoms with E-state index in [9.17, 15) is 19.5 Å². The molecule has 34 heavy (non-hydrogen) atoms. The number of ether oxygens (including phenoxy) is 1. The summed E-state index contributed by atoms with van der Waals surface area (Å²) in [5.41, 5.74) is 2.57. The quantitative estimate of drug-likeness (QED) is 0.684. The van der Waals surface area contributed by atoms with Gasteiger partial charge in [-0.05, 0) is 47.4 Å². The maximum absolute atomic E-state index is 13.4. The molecule has 4 rings (SSSR count). The lowest BCUT2D eigenvalue weighted by Gasteiger charge is -2.38. The second kappa shape index (κ2) is 8.78. The highest BCUT2D eigenvalue weighted by Gasteiger charge is 2.49. The van der Waals surface area contributed by atoms with E-state index in [1.165, 1.54) is 4.90 Å². The van der Waals surface area contributed by atoms with Gasteiger partial charge in [-0.3, -0.25) is 4.79 Å². The summed E-state index contributed by atoms with van der Waals surface area (Å²) < 4.78 is 5.64. The van der Waals surface area contributed by atoms with Crippen LogP contribution in [-0.4, -0.2) is 52.7 Å². The summed E-state index contributed by atoms with van der Waals surface area (Å²) in [5, 5.41) is 12.5. The van der Waals surface area contributed by atoms with Crippen molar-refractivity contribution in [2.45, 2.75) is 58.0 Å². The summed E-state index contributed by atoms with van der Waals surface area (Å²) in [6.07, 6.45) is 0.304. The van der Waals surface area contributed by atoms with E-state index in [2.05, 4.69) is 17.4 Å². The Kier molecular flexibility index (Phi) is 6.14. The van der Waals surface area contributed by atoms with E-state index in [0.717, 1.165) is 22.3 Å². The molecule has 0 radical (unpaired) electrons. The van der Waals surface area contributed by atoms with Crippen molar-refractivity contribution in [3.63, 3.8) is 0 Å². The number of fused-ring (bicyclic) bond motifs is 3. The van der Waals surface area contributed by atoms with Crippen LogP contribution in [0.4, 0.5) is 4.79 Å². The van der Waals surface area contributed by atoms with E-state index in [-0.39, 0.29) is 12.5 Å². The normalized spacial score (nSPS) is 20.4. The van der Waals surface area contributed by atoms with Gasteiger partial charge < -0.3 is 20.1 Å². The Morgan fingerprint density at radius 1 is 1.09 bits per heavy atom. The largest absolute Gasteiger partial charge is 0.480 e. The van der Waals surface area contributed by atoms with Gasteiger partial charge in [0.25, 0.3) is 0 Å². The van der Waals surface area contributed by atoms with E-state index in [1.807, 2.05) is 57.2 Å². The zero-order chi connectivity index (χ0) is 24.7. The third-order valence-electron chi connectivity index (χ3n) is 7.09. The van der Waals surface area contributed by atoms with Gasteiger partial charge in [0.05, 0.1) is 0 Å². The van der Waals surface area contributed by atoms with E-state index in [4.69, 9.17) is 4.74 Å². The molecule has 2 amide bonds. The first-order valence-electron chi connectivity index (χ1n) is 11.7. The van der Waals surface area contributed by atoms with E-state index in [0.29, 0.717) is 19.4 Å². The Morgan fingerprint density at radius 3 is 2.18 bits per heavy atom. The smallest absolute Gasteiger partial charge is 0.407 e. The van der Waals surface area contributed by atoms with Crippen molar-refractivity contribution in [3.05, 3.63) is 59.7 Å².